The lowest BCUT2D eigenvalue weighted by atomic mass is 10.2. The molecule has 1 aromatic heterocycles. The minimum absolute atomic E-state index is 0.0783. The number of methoxy groups -OCH3 is 1. The standard InChI is InChI=1S/C14H16N2O3S/c1-19-8-7-16(9-13(17)18)14-15-12(10-20-14)11-5-3-2-4-6-11/h2-6,10H,7-9H2,1H3,(H,17,18). The molecule has 106 valence electrons. The van der Waals surface area contributed by atoms with Gasteiger partial charge in [0.25, 0.3) is 0 Å². The molecule has 0 aliphatic heterocycles. The number of nitrogens with zero attached hydrogens (tertiary/aromatic N) is 2. The van der Waals surface area contributed by atoms with Crippen molar-refractivity contribution in [1.29, 1.82) is 0 Å². The largest absolute Gasteiger partial charge is 0.480 e. The summed E-state index contributed by atoms with van der Waals surface area (Å²) in [5.41, 5.74) is 1.88. The molecule has 1 heterocycles. The Hall–Kier alpha value is -1.92. The van der Waals surface area contributed by atoms with Gasteiger partial charge in [-0.25, -0.2) is 4.98 Å². The SMILES string of the molecule is COCCN(CC(=O)O)c1nc(-c2ccccc2)cs1. The Balaban J connectivity index is 2.17. The zero-order valence-corrected chi connectivity index (χ0v) is 12.0. The molecule has 5 nitrogen and oxygen atoms in total. The van der Waals surface area contributed by atoms with E-state index >= 15 is 0 Å². The van der Waals surface area contributed by atoms with Crippen molar-refractivity contribution >= 4 is 22.4 Å². The van der Waals surface area contributed by atoms with Crippen molar-refractivity contribution in [1.82, 2.24) is 4.98 Å². The lowest BCUT2D eigenvalue weighted by molar-refractivity contribution is -0.135. The van der Waals surface area contributed by atoms with Gasteiger partial charge in [-0.1, -0.05) is 30.3 Å². The van der Waals surface area contributed by atoms with Gasteiger partial charge in [0.2, 0.25) is 0 Å². The second-order valence-electron chi connectivity index (χ2n) is 4.19. The second kappa shape index (κ2) is 7.02. The van der Waals surface area contributed by atoms with E-state index in [9.17, 15) is 4.79 Å². The third kappa shape index (κ3) is 3.79. The van der Waals surface area contributed by atoms with E-state index in [1.165, 1.54) is 11.3 Å². The number of aliphatic carboxylic acids is 1. The predicted molar refractivity (Wildman–Crippen MR) is 79.3 cm³/mol. The number of carbonyl (C=O) groups is 1. The highest BCUT2D eigenvalue weighted by Crippen LogP contribution is 2.27. The summed E-state index contributed by atoms with van der Waals surface area (Å²) in [6.07, 6.45) is 0. The Labute approximate surface area is 121 Å². The summed E-state index contributed by atoms with van der Waals surface area (Å²) in [6, 6.07) is 9.82. The smallest absolute Gasteiger partial charge is 0.323 e. The first-order valence-electron chi connectivity index (χ1n) is 6.17. The molecule has 0 saturated carbocycles. The number of thiazole rings is 1. The van der Waals surface area contributed by atoms with Crippen LogP contribution in [-0.4, -0.2) is 42.9 Å². The van der Waals surface area contributed by atoms with Crippen LogP contribution in [0.25, 0.3) is 11.3 Å². The van der Waals surface area contributed by atoms with Crippen LogP contribution in [0.2, 0.25) is 0 Å². The molecule has 0 aliphatic rings. The van der Waals surface area contributed by atoms with Crippen molar-refractivity contribution in [2.75, 3.05) is 31.7 Å². The molecule has 1 aromatic carbocycles. The van der Waals surface area contributed by atoms with Crippen LogP contribution in [0.1, 0.15) is 0 Å². The number of benzene rings is 1. The maximum atomic E-state index is 10.9. The highest BCUT2D eigenvalue weighted by atomic mass is 32.1. The van der Waals surface area contributed by atoms with Crippen LogP contribution >= 0.6 is 11.3 Å². The van der Waals surface area contributed by atoms with Gasteiger partial charge in [0.1, 0.15) is 6.54 Å². The number of rotatable bonds is 7. The summed E-state index contributed by atoms with van der Waals surface area (Å²) in [5, 5.41) is 11.6. The van der Waals surface area contributed by atoms with Crippen LogP contribution < -0.4 is 4.90 Å². The Morgan fingerprint density at radius 3 is 2.80 bits per heavy atom. The fourth-order valence-electron chi connectivity index (χ4n) is 1.76. The van der Waals surface area contributed by atoms with Crippen LogP contribution in [0.3, 0.4) is 0 Å². The van der Waals surface area contributed by atoms with E-state index in [-0.39, 0.29) is 6.54 Å². The molecule has 0 unspecified atom stereocenters. The molecule has 2 aromatic rings. The van der Waals surface area contributed by atoms with E-state index in [0.717, 1.165) is 11.3 Å². The monoisotopic (exact) mass is 292 g/mol. The molecule has 0 radical (unpaired) electrons. The predicted octanol–water partition coefficient (Wildman–Crippen LogP) is 2.35. The minimum Gasteiger partial charge on any atom is -0.480 e. The number of carboxylic acid groups (broad SMARTS) is 1. The van der Waals surface area contributed by atoms with E-state index in [1.807, 2.05) is 35.7 Å². The van der Waals surface area contributed by atoms with Crippen molar-refractivity contribution < 1.29 is 14.6 Å². The number of aromatic nitrogens is 1. The normalized spacial score (nSPS) is 10.4. The van der Waals surface area contributed by atoms with Gasteiger partial charge in [0.15, 0.2) is 5.13 Å². The molecule has 2 rings (SSSR count). The Morgan fingerprint density at radius 1 is 1.40 bits per heavy atom. The molecule has 0 atom stereocenters. The average Bonchev–Trinajstić information content (AvgIpc) is 2.94. The first kappa shape index (κ1) is 14.5. The van der Waals surface area contributed by atoms with Gasteiger partial charge in [-0.2, -0.15) is 0 Å². The highest BCUT2D eigenvalue weighted by molar-refractivity contribution is 7.14. The van der Waals surface area contributed by atoms with Gasteiger partial charge in [-0.05, 0) is 0 Å². The second-order valence-corrected chi connectivity index (χ2v) is 5.03. The van der Waals surface area contributed by atoms with E-state index in [0.29, 0.717) is 18.3 Å². The third-order valence-electron chi connectivity index (χ3n) is 2.72. The maximum Gasteiger partial charge on any atom is 0.323 e. The number of ether oxygens (including phenoxy) is 1. The van der Waals surface area contributed by atoms with Crippen LogP contribution in [0.4, 0.5) is 5.13 Å². The molecule has 0 fully saturated rings. The maximum absolute atomic E-state index is 10.9. The highest BCUT2D eigenvalue weighted by Gasteiger charge is 2.14. The van der Waals surface area contributed by atoms with Crippen molar-refractivity contribution in [3.63, 3.8) is 0 Å². The third-order valence-corrected chi connectivity index (χ3v) is 3.63. The van der Waals surface area contributed by atoms with Crippen LogP contribution in [-0.2, 0) is 9.53 Å². The first-order chi connectivity index (χ1) is 9.70. The van der Waals surface area contributed by atoms with Crippen molar-refractivity contribution in [3.05, 3.63) is 35.7 Å². The van der Waals surface area contributed by atoms with Gasteiger partial charge in [0.05, 0.1) is 12.3 Å². The number of carboxylic acids is 1. The molecule has 0 bridgehead atoms. The first-order valence-corrected chi connectivity index (χ1v) is 7.05. The zero-order chi connectivity index (χ0) is 14.4. The van der Waals surface area contributed by atoms with Gasteiger partial charge in [0, 0.05) is 24.6 Å². The fourth-order valence-corrected chi connectivity index (χ4v) is 2.62. The number of hydrogen-bond acceptors (Lipinski definition) is 5. The molecule has 0 spiro atoms. The summed E-state index contributed by atoms with van der Waals surface area (Å²) >= 11 is 1.44. The van der Waals surface area contributed by atoms with E-state index in [4.69, 9.17) is 9.84 Å². The van der Waals surface area contributed by atoms with Crippen molar-refractivity contribution in [2.24, 2.45) is 0 Å². The number of anilines is 1. The average molecular weight is 292 g/mol. The van der Waals surface area contributed by atoms with Crippen LogP contribution in [0, 0.1) is 0 Å². The summed E-state index contributed by atoms with van der Waals surface area (Å²) in [4.78, 5) is 17.1. The molecule has 6 heteroatoms. The van der Waals surface area contributed by atoms with Gasteiger partial charge in [-0.15, -0.1) is 11.3 Å². The summed E-state index contributed by atoms with van der Waals surface area (Å²) < 4.78 is 5.01. The lowest BCUT2D eigenvalue weighted by Crippen LogP contribution is -2.32. The van der Waals surface area contributed by atoms with E-state index < -0.39 is 5.97 Å². The summed E-state index contributed by atoms with van der Waals surface area (Å²) in [7, 11) is 1.59. The van der Waals surface area contributed by atoms with E-state index in [2.05, 4.69) is 4.98 Å². The molecule has 1 N–H and O–H groups in total. The Bertz CT molecular complexity index is 557. The number of hydrogen-bond donors (Lipinski definition) is 1. The molecular weight excluding hydrogens is 276 g/mol. The van der Waals surface area contributed by atoms with Crippen LogP contribution in [0.15, 0.2) is 35.7 Å². The zero-order valence-electron chi connectivity index (χ0n) is 11.2. The molecule has 0 aliphatic carbocycles. The van der Waals surface area contributed by atoms with Gasteiger partial charge >= 0.3 is 5.97 Å². The molecule has 0 saturated heterocycles. The lowest BCUT2D eigenvalue weighted by Gasteiger charge is -2.18. The fraction of sp³-hybridized carbons (Fsp3) is 0.286. The van der Waals surface area contributed by atoms with E-state index in [1.54, 1.807) is 12.0 Å². The van der Waals surface area contributed by atoms with Crippen molar-refractivity contribution in [3.8, 4) is 11.3 Å². The van der Waals surface area contributed by atoms with Gasteiger partial charge < -0.3 is 14.7 Å². The molecular formula is C14H16N2O3S. The molecule has 0 amide bonds. The Kier molecular flexibility index (Phi) is 5.09. The summed E-state index contributed by atoms with van der Waals surface area (Å²) in [6.45, 7) is 0.892. The summed E-state index contributed by atoms with van der Waals surface area (Å²) in [5.74, 6) is -0.877. The van der Waals surface area contributed by atoms with Gasteiger partial charge in [-0.3, -0.25) is 4.79 Å². The topological polar surface area (TPSA) is 62.7 Å². The Morgan fingerprint density at radius 2 is 2.15 bits per heavy atom. The molecule has 20 heavy (non-hydrogen) atoms. The van der Waals surface area contributed by atoms with Crippen molar-refractivity contribution in [2.45, 2.75) is 0 Å². The van der Waals surface area contributed by atoms with Crippen LogP contribution in [0.5, 0.6) is 0 Å². The minimum atomic E-state index is -0.877. The quantitative estimate of drug-likeness (QED) is 0.848.